The number of nitrogens with zero attached hydrogens (tertiary/aromatic N) is 4. The minimum absolute atomic E-state index is 0.00709. The fourth-order valence-corrected chi connectivity index (χ4v) is 2.57. The Bertz CT molecular complexity index is 555. The molecule has 2 aromatic rings. The Hall–Kier alpha value is -1.82. The Labute approximate surface area is 122 Å². The molecule has 0 spiro atoms. The van der Waals surface area contributed by atoms with Gasteiger partial charge in [0.05, 0.1) is 6.20 Å². The molecule has 5 nitrogen and oxygen atoms in total. The normalized spacial score (nSPS) is 10.5. The number of amides is 1. The molecule has 0 saturated heterocycles. The fraction of sp³-hybridized carbons (Fsp3) is 0.429. The van der Waals surface area contributed by atoms with Crippen LogP contribution in [0.25, 0.3) is 10.7 Å². The molecular formula is C14H18N4OS. The first kappa shape index (κ1) is 14.6. The van der Waals surface area contributed by atoms with Crippen molar-refractivity contribution in [2.24, 2.45) is 0 Å². The first-order chi connectivity index (χ1) is 9.76. The van der Waals surface area contributed by atoms with Gasteiger partial charge in [0.2, 0.25) is 0 Å². The summed E-state index contributed by atoms with van der Waals surface area (Å²) >= 11 is 1.42. The topological polar surface area (TPSA) is 59.0 Å². The standard InChI is InChI=1S/C14H18N4OS/c1-3-5-8-18(4-2)14(19)12-10-20-13(17-12)11-9-15-6-7-16-11/h6-7,9-10H,3-5,8H2,1-2H3. The second kappa shape index (κ2) is 7.09. The molecule has 0 aromatic carbocycles. The van der Waals surface area contributed by atoms with Crippen molar-refractivity contribution >= 4 is 17.2 Å². The number of carbonyl (C=O) groups is 1. The minimum Gasteiger partial charge on any atom is -0.338 e. The van der Waals surface area contributed by atoms with Crippen LogP contribution in [0.4, 0.5) is 0 Å². The van der Waals surface area contributed by atoms with Crippen molar-refractivity contribution < 1.29 is 4.79 Å². The molecule has 2 heterocycles. The average Bonchev–Trinajstić information content (AvgIpc) is 2.98. The molecule has 2 rings (SSSR count). The lowest BCUT2D eigenvalue weighted by Crippen LogP contribution is -2.31. The van der Waals surface area contributed by atoms with E-state index in [-0.39, 0.29) is 5.91 Å². The molecule has 1 amide bonds. The van der Waals surface area contributed by atoms with Crippen LogP contribution in [0.5, 0.6) is 0 Å². The molecule has 0 unspecified atom stereocenters. The fourth-order valence-electron chi connectivity index (χ4n) is 1.81. The third-order valence-corrected chi connectivity index (χ3v) is 3.82. The first-order valence-electron chi connectivity index (χ1n) is 6.77. The first-order valence-corrected chi connectivity index (χ1v) is 7.65. The van der Waals surface area contributed by atoms with Gasteiger partial charge in [-0.25, -0.2) is 4.98 Å². The van der Waals surface area contributed by atoms with E-state index in [0.29, 0.717) is 17.9 Å². The molecule has 0 aliphatic heterocycles. The summed E-state index contributed by atoms with van der Waals surface area (Å²) in [6.45, 7) is 5.59. The highest BCUT2D eigenvalue weighted by atomic mass is 32.1. The van der Waals surface area contributed by atoms with Crippen LogP contribution in [-0.2, 0) is 0 Å². The summed E-state index contributed by atoms with van der Waals surface area (Å²) in [6.07, 6.45) is 6.98. The second-order valence-corrected chi connectivity index (χ2v) is 5.23. The third-order valence-electron chi connectivity index (χ3n) is 2.96. The van der Waals surface area contributed by atoms with E-state index in [1.165, 1.54) is 11.3 Å². The molecular weight excluding hydrogens is 272 g/mol. The zero-order valence-electron chi connectivity index (χ0n) is 11.7. The van der Waals surface area contributed by atoms with E-state index >= 15 is 0 Å². The van der Waals surface area contributed by atoms with Gasteiger partial charge in [-0.2, -0.15) is 0 Å². The van der Waals surface area contributed by atoms with E-state index in [0.717, 1.165) is 24.4 Å². The van der Waals surface area contributed by atoms with Crippen molar-refractivity contribution in [3.8, 4) is 10.7 Å². The molecule has 6 heteroatoms. The monoisotopic (exact) mass is 290 g/mol. The predicted octanol–water partition coefficient (Wildman–Crippen LogP) is 2.86. The van der Waals surface area contributed by atoms with E-state index in [2.05, 4.69) is 21.9 Å². The van der Waals surface area contributed by atoms with Crippen molar-refractivity contribution in [1.82, 2.24) is 19.9 Å². The van der Waals surface area contributed by atoms with Crippen molar-refractivity contribution in [3.63, 3.8) is 0 Å². The van der Waals surface area contributed by atoms with Gasteiger partial charge in [0.1, 0.15) is 16.4 Å². The lowest BCUT2D eigenvalue weighted by molar-refractivity contribution is 0.0757. The maximum Gasteiger partial charge on any atom is 0.273 e. The summed E-state index contributed by atoms with van der Waals surface area (Å²) in [5.74, 6) is -0.00709. The van der Waals surface area contributed by atoms with Crippen LogP contribution in [0.3, 0.4) is 0 Å². The van der Waals surface area contributed by atoms with Gasteiger partial charge >= 0.3 is 0 Å². The maximum absolute atomic E-state index is 12.4. The summed E-state index contributed by atoms with van der Waals surface area (Å²) in [7, 11) is 0. The maximum atomic E-state index is 12.4. The highest BCUT2D eigenvalue weighted by Gasteiger charge is 2.17. The number of carbonyl (C=O) groups excluding carboxylic acids is 1. The van der Waals surface area contributed by atoms with Crippen LogP contribution in [0, 0.1) is 0 Å². The minimum atomic E-state index is -0.00709. The number of hydrogen-bond acceptors (Lipinski definition) is 5. The van der Waals surface area contributed by atoms with Gasteiger partial charge in [0.15, 0.2) is 0 Å². The molecule has 0 radical (unpaired) electrons. The summed E-state index contributed by atoms with van der Waals surface area (Å²) in [6, 6.07) is 0. The van der Waals surface area contributed by atoms with Crippen LogP contribution in [0.15, 0.2) is 24.0 Å². The van der Waals surface area contributed by atoms with Crippen LogP contribution in [0.1, 0.15) is 37.2 Å². The number of hydrogen-bond donors (Lipinski definition) is 0. The third kappa shape index (κ3) is 3.39. The van der Waals surface area contributed by atoms with E-state index in [4.69, 9.17) is 0 Å². The second-order valence-electron chi connectivity index (χ2n) is 4.37. The molecule has 0 bridgehead atoms. The summed E-state index contributed by atoms with van der Waals surface area (Å²) in [5.41, 5.74) is 1.20. The van der Waals surface area contributed by atoms with E-state index in [1.807, 2.05) is 11.8 Å². The van der Waals surface area contributed by atoms with Gasteiger partial charge in [-0.05, 0) is 13.3 Å². The van der Waals surface area contributed by atoms with Crippen molar-refractivity contribution in [2.45, 2.75) is 26.7 Å². The highest BCUT2D eigenvalue weighted by molar-refractivity contribution is 7.13. The number of thiazole rings is 1. The largest absolute Gasteiger partial charge is 0.338 e. The Morgan fingerprint density at radius 2 is 2.20 bits per heavy atom. The van der Waals surface area contributed by atoms with Crippen LogP contribution >= 0.6 is 11.3 Å². The highest BCUT2D eigenvalue weighted by Crippen LogP contribution is 2.21. The van der Waals surface area contributed by atoms with Crippen LogP contribution in [0.2, 0.25) is 0 Å². The zero-order chi connectivity index (χ0) is 14.4. The van der Waals surface area contributed by atoms with Gasteiger partial charge in [-0.15, -0.1) is 11.3 Å². The predicted molar refractivity (Wildman–Crippen MR) is 79.6 cm³/mol. The Balaban J connectivity index is 2.13. The molecule has 0 saturated carbocycles. The van der Waals surface area contributed by atoms with Crippen molar-refractivity contribution in [1.29, 1.82) is 0 Å². The van der Waals surface area contributed by atoms with E-state index < -0.39 is 0 Å². The molecule has 0 aliphatic carbocycles. The molecule has 0 fully saturated rings. The van der Waals surface area contributed by atoms with E-state index in [1.54, 1.807) is 24.0 Å². The average molecular weight is 290 g/mol. The van der Waals surface area contributed by atoms with Gasteiger partial charge in [0.25, 0.3) is 5.91 Å². The van der Waals surface area contributed by atoms with Gasteiger partial charge in [-0.1, -0.05) is 13.3 Å². The number of aromatic nitrogens is 3. The van der Waals surface area contributed by atoms with Crippen molar-refractivity contribution in [2.75, 3.05) is 13.1 Å². The Kier molecular flexibility index (Phi) is 5.17. The summed E-state index contributed by atoms with van der Waals surface area (Å²) in [4.78, 5) is 26.8. The molecule has 106 valence electrons. The molecule has 20 heavy (non-hydrogen) atoms. The van der Waals surface area contributed by atoms with Crippen LogP contribution in [-0.4, -0.2) is 38.8 Å². The Morgan fingerprint density at radius 1 is 1.35 bits per heavy atom. The van der Waals surface area contributed by atoms with Gasteiger partial charge in [-0.3, -0.25) is 14.8 Å². The molecule has 0 aliphatic rings. The quantitative estimate of drug-likeness (QED) is 0.821. The Morgan fingerprint density at radius 3 is 2.85 bits per heavy atom. The van der Waals surface area contributed by atoms with Crippen LogP contribution < -0.4 is 0 Å². The van der Waals surface area contributed by atoms with E-state index in [9.17, 15) is 4.79 Å². The number of unbranched alkanes of at least 4 members (excludes halogenated alkanes) is 1. The molecule has 0 atom stereocenters. The van der Waals surface area contributed by atoms with Crippen molar-refractivity contribution in [3.05, 3.63) is 29.7 Å². The summed E-state index contributed by atoms with van der Waals surface area (Å²) < 4.78 is 0. The van der Waals surface area contributed by atoms with Gasteiger partial charge < -0.3 is 4.90 Å². The van der Waals surface area contributed by atoms with Gasteiger partial charge in [0, 0.05) is 30.9 Å². The zero-order valence-corrected chi connectivity index (χ0v) is 12.6. The number of rotatable bonds is 6. The lowest BCUT2D eigenvalue weighted by atomic mass is 10.3. The molecule has 2 aromatic heterocycles. The smallest absolute Gasteiger partial charge is 0.273 e. The molecule has 0 N–H and O–H groups in total. The SMILES string of the molecule is CCCCN(CC)C(=O)c1csc(-c2cnccn2)n1. The lowest BCUT2D eigenvalue weighted by Gasteiger charge is -2.19. The summed E-state index contributed by atoms with van der Waals surface area (Å²) in [5, 5.41) is 2.52.